The molecule has 1 aromatic carbocycles. The molecule has 0 amide bonds. The maximum absolute atomic E-state index is 14.0. The molecule has 6 nitrogen and oxygen atoms in total. The second-order valence-corrected chi connectivity index (χ2v) is 8.53. The highest BCUT2D eigenvalue weighted by Crippen LogP contribution is 2.51. The molecule has 2 aliphatic rings. The fraction of sp³-hybridized carbons (Fsp3) is 0.500. The van der Waals surface area contributed by atoms with Gasteiger partial charge in [0.1, 0.15) is 10.7 Å². The van der Waals surface area contributed by atoms with E-state index in [2.05, 4.69) is 10.1 Å². The van der Waals surface area contributed by atoms with Crippen molar-refractivity contribution < 1.29 is 17.3 Å². The maximum Gasteiger partial charge on any atom is 0.246 e. The van der Waals surface area contributed by atoms with Gasteiger partial charge in [-0.25, -0.2) is 12.8 Å². The zero-order valence-electron chi connectivity index (χ0n) is 13.3. The van der Waals surface area contributed by atoms with E-state index in [-0.39, 0.29) is 17.4 Å². The third kappa shape index (κ3) is 2.20. The Morgan fingerprint density at radius 1 is 1.38 bits per heavy atom. The fourth-order valence-corrected chi connectivity index (χ4v) is 5.69. The molecule has 1 saturated carbocycles. The summed E-state index contributed by atoms with van der Waals surface area (Å²) >= 11 is 0. The SMILES string of the molecule is Cc1noc([C@]23CCC[C@H]2CN(S(=O)(=O)c2ccccc2F)C3)n1. The number of sulfonamides is 1. The van der Waals surface area contributed by atoms with Crippen molar-refractivity contribution >= 4 is 10.0 Å². The molecule has 0 spiro atoms. The lowest BCUT2D eigenvalue weighted by Gasteiger charge is -2.24. The average Bonchev–Trinajstić information content (AvgIpc) is 3.20. The highest BCUT2D eigenvalue weighted by Gasteiger charge is 2.56. The molecule has 0 unspecified atom stereocenters. The van der Waals surface area contributed by atoms with Crippen molar-refractivity contribution in [3.63, 3.8) is 0 Å². The average molecular weight is 351 g/mol. The third-order valence-electron chi connectivity index (χ3n) is 5.25. The van der Waals surface area contributed by atoms with Crippen LogP contribution in [-0.4, -0.2) is 36.0 Å². The van der Waals surface area contributed by atoms with Gasteiger partial charge in [0.2, 0.25) is 15.9 Å². The number of rotatable bonds is 3. The Bertz CT molecular complexity index is 882. The third-order valence-corrected chi connectivity index (χ3v) is 7.09. The van der Waals surface area contributed by atoms with Gasteiger partial charge in [0, 0.05) is 13.1 Å². The van der Waals surface area contributed by atoms with Gasteiger partial charge in [-0.3, -0.25) is 0 Å². The second kappa shape index (κ2) is 5.35. The first-order valence-electron chi connectivity index (χ1n) is 7.99. The van der Waals surface area contributed by atoms with Crippen LogP contribution in [0.5, 0.6) is 0 Å². The first kappa shape index (κ1) is 15.7. The monoisotopic (exact) mass is 351 g/mol. The van der Waals surface area contributed by atoms with E-state index in [0.29, 0.717) is 18.3 Å². The predicted octanol–water partition coefficient (Wildman–Crippen LogP) is 2.26. The molecule has 0 N–H and O–H groups in total. The summed E-state index contributed by atoms with van der Waals surface area (Å²) in [6.07, 6.45) is 2.72. The molecule has 2 aromatic rings. The molecule has 1 aromatic heterocycles. The van der Waals surface area contributed by atoms with E-state index in [1.54, 1.807) is 6.92 Å². The summed E-state index contributed by atoms with van der Waals surface area (Å²) < 4.78 is 46.5. The van der Waals surface area contributed by atoms with Crippen LogP contribution in [0.3, 0.4) is 0 Å². The molecule has 128 valence electrons. The summed E-state index contributed by atoms with van der Waals surface area (Å²) in [6.45, 7) is 2.37. The minimum Gasteiger partial charge on any atom is -0.339 e. The van der Waals surface area contributed by atoms with Crippen LogP contribution in [0.25, 0.3) is 0 Å². The number of benzene rings is 1. The van der Waals surface area contributed by atoms with Crippen LogP contribution in [0, 0.1) is 18.7 Å². The molecule has 1 saturated heterocycles. The minimum absolute atomic E-state index is 0.124. The lowest BCUT2D eigenvalue weighted by Crippen LogP contribution is -2.35. The van der Waals surface area contributed by atoms with Crippen LogP contribution in [-0.2, 0) is 15.4 Å². The van der Waals surface area contributed by atoms with Gasteiger partial charge in [-0.2, -0.15) is 9.29 Å². The lowest BCUT2D eigenvalue weighted by molar-refractivity contribution is 0.261. The summed E-state index contributed by atoms with van der Waals surface area (Å²) in [5, 5.41) is 3.86. The molecule has 4 rings (SSSR count). The molecule has 2 fully saturated rings. The Hall–Kier alpha value is -1.80. The summed E-state index contributed by atoms with van der Waals surface area (Å²) in [6, 6.07) is 5.49. The number of nitrogens with zero attached hydrogens (tertiary/aromatic N) is 3. The summed E-state index contributed by atoms with van der Waals surface area (Å²) in [5.74, 6) is 0.449. The van der Waals surface area contributed by atoms with Crippen LogP contribution in [0.1, 0.15) is 31.0 Å². The van der Waals surface area contributed by atoms with Crippen LogP contribution in [0.2, 0.25) is 0 Å². The van der Waals surface area contributed by atoms with Crippen LogP contribution >= 0.6 is 0 Å². The summed E-state index contributed by atoms with van der Waals surface area (Å²) in [5.41, 5.74) is -0.445. The lowest BCUT2D eigenvalue weighted by atomic mass is 9.80. The van der Waals surface area contributed by atoms with Gasteiger partial charge in [-0.05, 0) is 37.8 Å². The van der Waals surface area contributed by atoms with E-state index in [1.807, 2.05) is 0 Å². The predicted molar refractivity (Wildman–Crippen MR) is 83.2 cm³/mol. The highest BCUT2D eigenvalue weighted by atomic mass is 32.2. The number of aromatic nitrogens is 2. The molecular weight excluding hydrogens is 333 g/mol. The van der Waals surface area contributed by atoms with Crippen molar-refractivity contribution in [2.75, 3.05) is 13.1 Å². The van der Waals surface area contributed by atoms with Gasteiger partial charge in [0.05, 0.1) is 5.41 Å². The number of halogens is 1. The van der Waals surface area contributed by atoms with Crippen molar-refractivity contribution in [3.05, 3.63) is 41.8 Å². The number of fused-ring (bicyclic) bond motifs is 1. The van der Waals surface area contributed by atoms with Gasteiger partial charge in [-0.15, -0.1) is 0 Å². The molecule has 0 radical (unpaired) electrons. The van der Waals surface area contributed by atoms with E-state index in [9.17, 15) is 12.8 Å². The largest absolute Gasteiger partial charge is 0.339 e. The minimum atomic E-state index is -3.88. The standard InChI is InChI=1S/C16H18FN3O3S/c1-11-18-15(23-19-11)16-8-4-5-12(16)9-20(10-16)24(21,22)14-7-3-2-6-13(14)17/h2-3,6-7,12H,4-5,8-10H2,1H3/t12-,16-/m0/s1. The van der Waals surface area contributed by atoms with Crippen LogP contribution in [0.4, 0.5) is 4.39 Å². The van der Waals surface area contributed by atoms with E-state index in [0.717, 1.165) is 19.3 Å². The van der Waals surface area contributed by atoms with Gasteiger partial charge < -0.3 is 4.52 Å². The Morgan fingerprint density at radius 3 is 2.88 bits per heavy atom. The molecule has 1 aliphatic heterocycles. The van der Waals surface area contributed by atoms with Crippen LogP contribution in [0.15, 0.2) is 33.7 Å². The van der Waals surface area contributed by atoms with Crippen LogP contribution < -0.4 is 0 Å². The number of aryl methyl sites for hydroxylation is 1. The molecular formula is C16H18FN3O3S. The Labute approximate surface area is 139 Å². The van der Waals surface area contributed by atoms with Crippen molar-refractivity contribution in [1.29, 1.82) is 0 Å². The maximum atomic E-state index is 14.0. The number of hydrogen-bond acceptors (Lipinski definition) is 5. The zero-order valence-corrected chi connectivity index (χ0v) is 14.1. The molecule has 2 atom stereocenters. The van der Waals surface area contributed by atoms with Gasteiger partial charge in [-0.1, -0.05) is 23.7 Å². The van der Waals surface area contributed by atoms with Gasteiger partial charge in [0.25, 0.3) is 0 Å². The number of hydrogen-bond donors (Lipinski definition) is 0. The van der Waals surface area contributed by atoms with Crippen molar-refractivity contribution in [1.82, 2.24) is 14.4 Å². The topological polar surface area (TPSA) is 76.3 Å². The normalized spacial score (nSPS) is 27.5. The highest BCUT2D eigenvalue weighted by molar-refractivity contribution is 7.89. The van der Waals surface area contributed by atoms with E-state index in [1.165, 1.54) is 28.6 Å². The van der Waals surface area contributed by atoms with Crippen molar-refractivity contribution in [2.45, 2.75) is 36.5 Å². The Kier molecular flexibility index (Phi) is 3.50. The molecule has 24 heavy (non-hydrogen) atoms. The first-order chi connectivity index (χ1) is 11.4. The zero-order chi connectivity index (χ0) is 16.9. The Morgan fingerprint density at radius 2 is 2.17 bits per heavy atom. The van der Waals surface area contributed by atoms with E-state index in [4.69, 9.17) is 4.52 Å². The van der Waals surface area contributed by atoms with Gasteiger partial charge >= 0.3 is 0 Å². The van der Waals surface area contributed by atoms with Crippen molar-refractivity contribution in [2.24, 2.45) is 5.92 Å². The fourth-order valence-electron chi connectivity index (χ4n) is 4.07. The second-order valence-electron chi connectivity index (χ2n) is 6.62. The first-order valence-corrected chi connectivity index (χ1v) is 9.43. The summed E-state index contributed by atoms with van der Waals surface area (Å²) in [7, 11) is -3.88. The molecule has 2 heterocycles. The summed E-state index contributed by atoms with van der Waals surface area (Å²) in [4.78, 5) is 4.08. The van der Waals surface area contributed by atoms with Gasteiger partial charge in [0.15, 0.2) is 5.82 Å². The molecule has 8 heteroatoms. The van der Waals surface area contributed by atoms with Crippen molar-refractivity contribution in [3.8, 4) is 0 Å². The smallest absolute Gasteiger partial charge is 0.246 e. The molecule has 1 aliphatic carbocycles. The van der Waals surface area contributed by atoms with E-state index < -0.39 is 21.3 Å². The van der Waals surface area contributed by atoms with E-state index >= 15 is 0 Å². The molecule has 0 bridgehead atoms. The quantitative estimate of drug-likeness (QED) is 0.848. The Balaban J connectivity index is 1.72.